The number of hydrogen-bond acceptors (Lipinski definition) is 6. The molecule has 1 N–H and O–H groups in total. The lowest BCUT2D eigenvalue weighted by Crippen LogP contribution is -2.45. The molecule has 0 bridgehead atoms. The summed E-state index contributed by atoms with van der Waals surface area (Å²) in [4.78, 5) is 44.4. The number of hydrogen-bond donors (Lipinski definition) is 1. The number of aryl methyl sites for hydroxylation is 2. The molecule has 30 heavy (non-hydrogen) atoms. The average molecular weight is 414 g/mol. The molecule has 3 aromatic rings. The van der Waals surface area contributed by atoms with Gasteiger partial charge in [-0.25, -0.2) is 14.3 Å². The van der Waals surface area contributed by atoms with Crippen LogP contribution in [-0.4, -0.2) is 49.1 Å². The molecule has 1 atom stereocenters. The standard InChI is InChI=1S/C20H26N6O4/c1-23-13-22-18-17(23)19(28)26(20(29)24(18)2)12-16(27)21-11-14(15-7-6-10-30-15)25-8-4-3-5-9-25/h6-7,10,13-14H,3-5,8-9,11-12H2,1-2H3,(H,21,27). The molecule has 10 nitrogen and oxygen atoms in total. The Hall–Kier alpha value is -3.14. The molecule has 0 saturated carbocycles. The number of nitrogens with one attached hydrogen (secondary N) is 1. The van der Waals surface area contributed by atoms with E-state index in [2.05, 4.69) is 15.2 Å². The summed E-state index contributed by atoms with van der Waals surface area (Å²) in [7, 11) is 3.22. The minimum absolute atomic E-state index is 0.0802. The quantitative estimate of drug-likeness (QED) is 0.625. The maximum absolute atomic E-state index is 12.8. The lowest BCUT2D eigenvalue weighted by molar-refractivity contribution is -0.122. The number of carbonyl (C=O) groups is 1. The molecule has 1 unspecified atom stereocenters. The van der Waals surface area contributed by atoms with Gasteiger partial charge in [0.1, 0.15) is 12.3 Å². The number of rotatable bonds is 6. The summed E-state index contributed by atoms with van der Waals surface area (Å²) in [5.41, 5.74) is -0.513. The van der Waals surface area contributed by atoms with Crippen LogP contribution in [0.5, 0.6) is 0 Å². The molecule has 1 amide bonds. The molecular weight excluding hydrogens is 388 g/mol. The number of carbonyl (C=O) groups excluding carboxylic acids is 1. The van der Waals surface area contributed by atoms with Gasteiger partial charge in [-0.15, -0.1) is 0 Å². The van der Waals surface area contributed by atoms with Gasteiger partial charge in [-0.05, 0) is 38.1 Å². The van der Waals surface area contributed by atoms with Crippen LogP contribution in [0.1, 0.15) is 31.1 Å². The van der Waals surface area contributed by atoms with Crippen molar-refractivity contribution in [1.29, 1.82) is 0 Å². The zero-order valence-electron chi connectivity index (χ0n) is 17.2. The average Bonchev–Trinajstić information content (AvgIpc) is 3.41. The fourth-order valence-electron chi connectivity index (χ4n) is 4.07. The highest BCUT2D eigenvalue weighted by Gasteiger charge is 2.25. The van der Waals surface area contributed by atoms with Crippen LogP contribution in [0.2, 0.25) is 0 Å². The number of fused-ring (bicyclic) bond motifs is 1. The Labute approximate surface area is 172 Å². The van der Waals surface area contributed by atoms with Crippen molar-refractivity contribution in [3.63, 3.8) is 0 Å². The van der Waals surface area contributed by atoms with Crippen molar-refractivity contribution in [3.05, 3.63) is 51.3 Å². The Morgan fingerprint density at radius 1 is 1.23 bits per heavy atom. The third-order valence-electron chi connectivity index (χ3n) is 5.70. The third kappa shape index (κ3) is 3.70. The molecule has 10 heteroatoms. The molecule has 4 rings (SSSR count). The Morgan fingerprint density at radius 2 is 2.00 bits per heavy atom. The Kier molecular flexibility index (Phi) is 5.58. The monoisotopic (exact) mass is 414 g/mol. The third-order valence-corrected chi connectivity index (χ3v) is 5.70. The van der Waals surface area contributed by atoms with Crippen molar-refractivity contribution >= 4 is 17.1 Å². The van der Waals surface area contributed by atoms with Crippen molar-refractivity contribution in [1.82, 2.24) is 28.9 Å². The molecule has 1 saturated heterocycles. The van der Waals surface area contributed by atoms with E-state index in [9.17, 15) is 14.4 Å². The second kappa shape index (κ2) is 8.31. The molecule has 1 fully saturated rings. The highest BCUT2D eigenvalue weighted by atomic mass is 16.3. The van der Waals surface area contributed by atoms with Crippen molar-refractivity contribution in [3.8, 4) is 0 Å². The Bertz CT molecular complexity index is 1150. The highest BCUT2D eigenvalue weighted by Crippen LogP contribution is 2.24. The van der Waals surface area contributed by atoms with Crippen molar-refractivity contribution in [2.24, 2.45) is 14.1 Å². The number of likely N-dealkylation sites (tertiary alicyclic amines) is 1. The van der Waals surface area contributed by atoms with Crippen LogP contribution in [0.25, 0.3) is 11.2 Å². The minimum atomic E-state index is -0.569. The summed E-state index contributed by atoms with van der Waals surface area (Å²) < 4.78 is 9.37. The molecule has 4 heterocycles. The van der Waals surface area contributed by atoms with E-state index >= 15 is 0 Å². The lowest BCUT2D eigenvalue weighted by Gasteiger charge is -2.33. The van der Waals surface area contributed by atoms with Gasteiger partial charge >= 0.3 is 5.69 Å². The predicted molar refractivity (Wildman–Crippen MR) is 110 cm³/mol. The smallest absolute Gasteiger partial charge is 0.332 e. The van der Waals surface area contributed by atoms with E-state index in [1.54, 1.807) is 17.9 Å². The first-order valence-corrected chi connectivity index (χ1v) is 10.1. The molecule has 0 radical (unpaired) electrons. The molecule has 0 spiro atoms. The van der Waals surface area contributed by atoms with Crippen LogP contribution in [-0.2, 0) is 25.4 Å². The van der Waals surface area contributed by atoms with Crippen molar-refractivity contribution in [2.45, 2.75) is 31.8 Å². The van der Waals surface area contributed by atoms with Gasteiger partial charge in [0.2, 0.25) is 5.91 Å². The number of furan rings is 1. The van der Waals surface area contributed by atoms with Crippen molar-refractivity contribution < 1.29 is 9.21 Å². The van der Waals surface area contributed by atoms with Gasteiger partial charge in [-0.1, -0.05) is 6.42 Å². The number of imidazole rings is 1. The maximum atomic E-state index is 12.8. The summed E-state index contributed by atoms with van der Waals surface area (Å²) in [5, 5.41) is 2.88. The van der Waals surface area contributed by atoms with E-state index in [1.807, 2.05) is 12.1 Å². The summed E-state index contributed by atoms with van der Waals surface area (Å²) in [6.45, 7) is 1.88. The topological polar surface area (TPSA) is 107 Å². The van der Waals surface area contributed by atoms with Gasteiger partial charge in [-0.3, -0.25) is 19.1 Å². The first-order valence-electron chi connectivity index (χ1n) is 10.1. The zero-order chi connectivity index (χ0) is 21.3. The fraction of sp³-hybridized carbons (Fsp3) is 0.500. The summed E-state index contributed by atoms with van der Waals surface area (Å²) in [6.07, 6.45) is 6.53. The largest absolute Gasteiger partial charge is 0.468 e. The van der Waals surface area contributed by atoms with E-state index < -0.39 is 17.2 Å². The molecule has 160 valence electrons. The first kappa shape index (κ1) is 20.1. The normalized spacial score (nSPS) is 16.1. The summed E-state index contributed by atoms with van der Waals surface area (Å²) in [5.74, 6) is 0.394. The molecular formula is C20H26N6O4. The lowest BCUT2D eigenvalue weighted by atomic mass is 10.1. The van der Waals surface area contributed by atoms with Gasteiger partial charge in [-0.2, -0.15) is 0 Å². The zero-order valence-corrected chi connectivity index (χ0v) is 17.2. The summed E-state index contributed by atoms with van der Waals surface area (Å²) >= 11 is 0. The minimum Gasteiger partial charge on any atom is -0.468 e. The van der Waals surface area contributed by atoms with Gasteiger partial charge in [0, 0.05) is 20.6 Å². The second-order valence-electron chi connectivity index (χ2n) is 7.69. The fourth-order valence-corrected chi connectivity index (χ4v) is 4.07. The van der Waals surface area contributed by atoms with Crippen LogP contribution < -0.4 is 16.6 Å². The van der Waals surface area contributed by atoms with Gasteiger partial charge in [0.25, 0.3) is 5.56 Å². The SMILES string of the molecule is Cn1cnc2c1c(=O)n(CC(=O)NCC(c1ccco1)N1CCCCC1)c(=O)n2C. The van der Waals surface area contributed by atoms with Crippen LogP contribution in [0, 0.1) is 0 Å². The molecule has 0 aromatic carbocycles. The molecule has 3 aromatic heterocycles. The van der Waals surface area contributed by atoms with E-state index in [0.717, 1.165) is 36.3 Å². The summed E-state index contributed by atoms with van der Waals surface area (Å²) in [6, 6.07) is 3.66. The number of amides is 1. The van der Waals surface area contributed by atoms with Crippen LogP contribution in [0.3, 0.4) is 0 Å². The number of piperidine rings is 1. The van der Waals surface area contributed by atoms with E-state index in [1.165, 1.54) is 24.4 Å². The van der Waals surface area contributed by atoms with Crippen LogP contribution >= 0.6 is 0 Å². The molecule has 0 aliphatic carbocycles. The number of aromatic nitrogens is 4. The van der Waals surface area contributed by atoms with Crippen LogP contribution in [0.15, 0.2) is 38.7 Å². The maximum Gasteiger partial charge on any atom is 0.332 e. The first-order chi connectivity index (χ1) is 14.5. The van der Waals surface area contributed by atoms with Gasteiger partial charge in [0.15, 0.2) is 11.2 Å². The van der Waals surface area contributed by atoms with Crippen molar-refractivity contribution in [2.75, 3.05) is 19.6 Å². The van der Waals surface area contributed by atoms with E-state index in [-0.39, 0.29) is 18.1 Å². The Morgan fingerprint density at radius 3 is 2.70 bits per heavy atom. The van der Waals surface area contributed by atoms with E-state index in [4.69, 9.17) is 4.42 Å². The molecule has 1 aliphatic rings. The number of nitrogens with zero attached hydrogens (tertiary/aromatic N) is 5. The molecule has 1 aliphatic heterocycles. The van der Waals surface area contributed by atoms with Crippen LogP contribution in [0.4, 0.5) is 0 Å². The van der Waals surface area contributed by atoms with Gasteiger partial charge in [0.05, 0.1) is 18.6 Å². The van der Waals surface area contributed by atoms with Gasteiger partial charge < -0.3 is 14.3 Å². The Balaban J connectivity index is 1.52. The van der Waals surface area contributed by atoms with E-state index in [0.29, 0.717) is 12.2 Å². The predicted octanol–water partition coefficient (Wildman–Crippen LogP) is 0.370. The highest BCUT2D eigenvalue weighted by molar-refractivity contribution is 5.76. The second-order valence-corrected chi connectivity index (χ2v) is 7.69.